The lowest BCUT2D eigenvalue weighted by Gasteiger charge is -2.17. The summed E-state index contributed by atoms with van der Waals surface area (Å²) in [4.78, 5) is 13.9. The van der Waals surface area contributed by atoms with Crippen LogP contribution in [-0.4, -0.2) is 44.2 Å². The molecule has 0 aliphatic carbocycles. The van der Waals surface area contributed by atoms with Gasteiger partial charge in [0, 0.05) is 6.54 Å². The van der Waals surface area contributed by atoms with Gasteiger partial charge in [0.1, 0.15) is 11.9 Å². The van der Waals surface area contributed by atoms with E-state index in [-0.39, 0.29) is 25.9 Å². The Morgan fingerprint density at radius 1 is 1.29 bits per heavy atom. The zero-order valence-electron chi connectivity index (χ0n) is 14.3. The number of hydrogen-bond acceptors (Lipinski definition) is 4. The van der Waals surface area contributed by atoms with Crippen molar-refractivity contribution in [3.8, 4) is 5.75 Å². The third-order valence-electron chi connectivity index (χ3n) is 2.79. The van der Waals surface area contributed by atoms with Gasteiger partial charge in [-0.1, -0.05) is 13.3 Å². The molecule has 1 aromatic carbocycles. The molecule has 0 amide bonds. The lowest BCUT2D eigenvalue weighted by Crippen LogP contribution is -3.00. The number of nitrogens with zero attached hydrogens (tertiary/aromatic N) is 1. The summed E-state index contributed by atoms with van der Waals surface area (Å²) in [5.74, 6) is 0.496. The second kappa shape index (κ2) is 10.5. The number of hydrogen-bond donors (Lipinski definition) is 0. The number of unbranched alkanes of at least 4 members (excludes halogenated alkanes) is 1. The van der Waals surface area contributed by atoms with E-state index in [0.717, 1.165) is 18.6 Å². The molecule has 0 saturated carbocycles. The molecule has 0 spiro atoms. The maximum atomic E-state index is 11.9. The number of esters is 1. The van der Waals surface area contributed by atoms with E-state index in [0.29, 0.717) is 18.7 Å². The van der Waals surface area contributed by atoms with Crippen molar-refractivity contribution in [2.24, 2.45) is 0 Å². The number of likely N-dealkylation sites (N-methyl/N-ethyl adjacent to an activating group) is 1. The maximum absolute atomic E-state index is 11.9. The Labute approximate surface area is 135 Å². The number of carbonyl (C=O) groups is 1. The van der Waals surface area contributed by atoms with Crippen LogP contribution < -0.4 is 17.1 Å². The Morgan fingerprint density at radius 2 is 1.90 bits per heavy atom. The standard InChI is InChI=1S/C16H25NO3.ClH/c1-5-6-11-19-15-9-7-14(8-10-15)16(18)20-13(2)12-17(3)4;/h7-10,13H,5-6,11-12H2,1-4H3;1H. The van der Waals surface area contributed by atoms with Gasteiger partial charge in [-0.15, -0.1) is 0 Å². The van der Waals surface area contributed by atoms with E-state index in [4.69, 9.17) is 9.47 Å². The quantitative estimate of drug-likeness (QED) is 0.503. The second-order valence-corrected chi connectivity index (χ2v) is 5.20. The Balaban J connectivity index is 0. The molecule has 0 N–H and O–H groups in total. The fourth-order valence-corrected chi connectivity index (χ4v) is 1.82. The summed E-state index contributed by atoms with van der Waals surface area (Å²) in [6, 6.07) is 7.10. The Kier molecular flexibility index (Phi) is 9.84. The molecule has 21 heavy (non-hydrogen) atoms. The molecule has 1 unspecified atom stereocenters. The number of benzene rings is 1. The smallest absolute Gasteiger partial charge is 1.00 e. The zero-order valence-corrected chi connectivity index (χ0v) is 14.0. The fourth-order valence-electron chi connectivity index (χ4n) is 1.82. The number of halogens is 1. The first-order chi connectivity index (χ1) is 9.52. The van der Waals surface area contributed by atoms with Crippen LogP contribution in [0.3, 0.4) is 0 Å². The molecule has 0 aromatic heterocycles. The fraction of sp³-hybridized carbons (Fsp3) is 0.562. The van der Waals surface area contributed by atoms with Gasteiger partial charge in [0.2, 0.25) is 0 Å². The molecule has 0 fully saturated rings. The van der Waals surface area contributed by atoms with Crippen molar-refractivity contribution < 1.29 is 28.1 Å². The lowest BCUT2D eigenvalue weighted by molar-refractivity contribution is -0.0000404. The van der Waals surface area contributed by atoms with Crippen molar-refractivity contribution in [1.82, 2.24) is 4.90 Å². The van der Waals surface area contributed by atoms with Crippen LogP contribution in [-0.2, 0) is 4.74 Å². The molecule has 120 valence electrons. The molecule has 5 heteroatoms. The number of ether oxygens (including phenoxy) is 2. The third kappa shape index (κ3) is 7.93. The lowest BCUT2D eigenvalue weighted by atomic mass is 10.2. The van der Waals surface area contributed by atoms with Gasteiger partial charge in [-0.05, 0) is 51.7 Å². The van der Waals surface area contributed by atoms with Crippen LogP contribution in [0.2, 0.25) is 0 Å². The van der Waals surface area contributed by atoms with E-state index in [1.165, 1.54) is 0 Å². The summed E-state index contributed by atoms with van der Waals surface area (Å²) in [6.07, 6.45) is 2.01. The summed E-state index contributed by atoms with van der Waals surface area (Å²) in [7, 11) is 3.90. The molecule has 1 rings (SSSR count). The van der Waals surface area contributed by atoms with Gasteiger partial charge in [-0.25, -0.2) is 4.79 Å². The maximum Gasteiger partial charge on any atom is 1.00 e. The van der Waals surface area contributed by atoms with Crippen LogP contribution in [0.15, 0.2) is 24.3 Å². The minimum absolute atomic E-state index is 0. The molecular formula is C16H26ClNO3. The monoisotopic (exact) mass is 315 g/mol. The molecular weight excluding hydrogens is 290 g/mol. The van der Waals surface area contributed by atoms with Gasteiger partial charge < -0.3 is 26.8 Å². The third-order valence-corrected chi connectivity index (χ3v) is 2.79. The van der Waals surface area contributed by atoms with Crippen LogP contribution in [0, 0.1) is 0 Å². The molecule has 0 bridgehead atoms. The van der Waals surface area contributed by atoms with Crippen molar-refractivity contribution >= 4 is 5.97 Å². The van der Waals surface area contributed by atoms with Crippen molar-refractivity contribution in [1.29, 1.82) is 0 Å². The van der Waals surface area contributed by atoms with Crippen molar-refractivity contribution in [2.45, 2.75) is 32.8 Å². The topological polar surface area (TPSA) is 38.8 Å². The highest BCUT2D eigenvalue weighted by atomic mass is 35.5. The molecule has 0 aliphatic heterocycles. The summed E-state index contributed by atoms with van der Waals surface area (Å²) in [5.41, 5.74) is 0.554. The highest BCUT2D eigenvalue weighted by molar-refractivity contribution is 5.89. The summed E-state index contributed by atoms with van der Waals surface area (Å²) in [5, 5.41) is 0. The van der Waals surface area contributed by atoms with E-state index < -0.39 is 0 Å². The van der Waals surface area contributed by atoms with Gasteiger partial charge in [0.15, 0.2) is 0 Å². The summed E-state index contributed by atoms with van der Waals surface area (Å²) in [6.45, 7) is 5.43. The molecule has 0 aliphatic rings. The molecule has 1 atom stereocenters. The van der Waals surface area contributed by atoms with E-state index in [1.807, 2.05) is 38.1 Å². The predicted octanol–water partition coefficient (Wildman–Crippen LogP) is 0.0889. The van der Waals surface area contributed by atoms with Crippen LogP contribution in [0.5, 0.6) is 5.75 Å². The van der Waals surface area contributed by atoms with Crippen LogP contribution >= 0.6 is 0 Å². The first-order valence-corrected chi connectivity index (χ1v) is 7.11. The molecule has 0 radical (unpaired) electrons. The molecule has 4 nitrogen and oxygen atoms in total. The minimum atomic E-state index is -0.292. The average molecular weight is 316 g/mol. The van der Waals surface area contributed by atoms with Crippen molar-refractivity contribution in [3.63, 3.8) is 0 Å². The first kappa shape index (κ1) is 19.7. The highest BCUT2D eigenvalue weighted by Crippen LogP contribution is 2.14. The largest absolute Gasteiger partial charge is 1.00 e. The van der Waals surface area contributed by atoms with Gasteiger partial charge in [-0.2, -0.15) is 0 Å². The zero-order chi connectivity index (χ0) is 15.0. The SMILES string of the molecule is CCCCOc1ccc(C(=O)OC(C)CN(C)C)cc1.[Cl-].[H+]. The highest BCUT2D eigenvalue weighted by Gasteiger charge is 2.12. The average Bonchev–Trinajstić information content (AvgIpc) is 2.38. The first-order valence-electron chi connectivity index (χ1n) is 7.11. The van der Waals surface area contributed by atoms with Crippen LogP contribution in [0.25, 0.3) is 0 Å². The number of carbonyl (C=O) groups excluding carboxylic acids is 1. The number of rotatable bonds is 8. The molecule has 0 saturated heterocycles. The van der Waals surface area contributed by atoms with Gasteiger partial charge in [0.05, 0.1) is 12.2 Å². The van der Waals surface area contributed by atoms with E-state index >= 15 is 0 Å². The minimum Gasteiger partial charge on any atom is -1.00 e. The van der Waals surface area contributed by atoms with Gasteiger partial charge in [-0.3, -0.25) is 0 Å². The van der Waals surface area contributed by atoms with Gasteiger partial charge in [0.25, 0.3) is 0 Å². The van der Waals surface area contributed by atoms with E-state index in [2.05, 4.69) is 6.92 Å². The van der Waals surface area contributed by atoms with E-state index in [9.17, 15) is 4.79 Å². The molecule has 0 heterocycles. The normalized spacial score (nSPS) is 11.7. The Hall–Kier alpha value is -1.26. The second-order valence-electron chi connectivity index (χ2n) is 5.20. The Bertz CT molecular complexity index is 412. The summed E-state index contributed by atoms with van der Waals surface area (Å²) >= 11 is 0. The predicted molar refractivity (Wildman–Crippen MR) is 81.4 cm³/mol. The molecule has 1 aromatic rings. The van der Waals surface area contributed by atoms with Crippen molar-refractivity contribution in [2.75, 3.05) is 27.2 Å². The van der Waals surface area contributed by atoms with Crippen LogP contribution in [0.4, 0.5) is 0 Å². The Morgan fingerprint density at radius 3 is 2.43 bits per heavy atom. The van der Waals surface area contributed by atoms with E-state index in [1.54, 1.807) is 12.1 Å². The van der Waals surface area contributed by atoms with Crippen LogP contribution in [0.1, 0.15) is 38.5 Å². The van der Waals surface area contributed by atoms with Gasteiger partial charge >= 0.3 is 7.40 Å². The summed E-state index contributed by atoms with van der Waals surface area (Å²) < 4.78 is 10.9. The van der Waals surface area contributed by atoms with Crippen molar-refractivity contribution in [3.05, 3.63) is 29.8 Å².